The van der Waals surface area contributed by atoms with E-state index in [-0.39, 0.29) is 6.10 Å². The highest BCUT2D eigenvalue weighted by atomic mass is 79.9. The van der Waals surface area contributed by atoms with Crippen LogP contribution in [0.25, 0.3) is 0 Å². The van der Waals surface area contributed by atoms with E-state index in [1.54, 1.807) is 5.01 Å². The van der Waals surface area contributed by atoms with Crippen molar-refractivity contribution in [2.75, 3.05) is 19.7 Å². The first-order valence-corrected chi connectivity index (χ1v) is 5.42. The summed E-state index contributed by atoms with van der Waals surface area (Å²) in [6.07, 6.45) is 0.113. The Labute approximate surface area is 91.9 Å². The molecular formula is C10H13BrN2O. The summed E-state index contributed by atoms with van der Waals surface area (Å²) in [5, 5.41) is 1.80. The van der Waals surface area contributed by atoms with Crippen LogP contribution in [-0.4, -0.2) is 24.7 Å². The third-order valence-corrected chi connectivity index (χ3v) is 2.87. The van der Waals surface area contributed by atoms with Crippen LogP contribution in [0.15, 0.2) is 28.7 Å². The third-order valence-electron chi connectivity index (χ3n) is 2.34. The molecule has 3 nitrogen and oxygen atoms in total. The number of nitrogens with zero attached hydrogens (tertiary/aromatic N) is 1. The maximum absolute atomic E-state index is 5.74. The van der Waals surface area contributed by atoms with E-state index in [4.69, 9.17) is 10.6 Å². The van der Waals surface area contributed by atoms with Crippen molar-refractivity contribution in [3.8, 4) is 0 Å². The molecule has 0 saturated carbocycles. The fourth-order valence-corrected chi connectivity index (χ4v) is 1.81. The molecule has 1 fully saturated rings. The van der Waals surface area contributed by atoms with Crippen LogP contribution in [0.1, 0.15) is 11.7 Å². The van der Waals surface area contributed by atoms with Gasteiger partial charge in [-0.1, -0.05) is 28.1 Å². The molecule has 2 rings (SSSR count). The fourth-order valence-electron chi connectivity index (χ4n) is 1.55. The van der Waals surface area contributed by atoms with E-state index in [0.717, 1.165) is 17.6 Å². The second kappa shape index (κ2) is 4.40. The van der Waals surface area contributed by atoms with Gasteiger partial charge in [-0.2, -0.15) is 0 Å². The Morgan fingerprint density at radius 3 is 2.71 bits per heavy atom. The Hall–Kier alpha value is -0.420. The predicted octanol–water partition coefficient (Wildman–Crippen LogP) is 1.70. The van der Waals surface area contributed by atoms with Crippen LogP contribution >= 0.6 is 15.9 Å². The molecule has 1 atom stereocenters. The molecule has 14 heavy (non-hydrogen) atoms. The van der Waals surface area contributed by atoms with Crippen LogP contribution < -0.4 is 5.84 Å². The molecule has 0 radical (unpaired) electrons. The van der Waals surface area contributed by atoms with Crippen molar-refractivity contribution >= 4 is 15.9 Å². The molecule has 1 aromatic carbocycles. The van der Waals surface area contributed by atoms with E-state index in [2.05, 4.69) is 28.1 Å². The molecule has 1 aromatic rings. The largest absolute Gasteiger partial charge is 0.371 e. The van der Waals surface area contributed by atoms with Crippen molar-refractivity contribution in [2.45, 2.75) is 6.10 Å². The van der Waals surface area contributed by atoms with Crippen LogP contribution in [-0.2, 0) is 4.74 Å². The Morgan fingerprint density at radius 1 is 1.36 bits per heavy atom. The molecule has 76 valence electrons. The standard InChI is InChI=1S/C10H13BrN2O/c11-9-3-1-8(2-4-9)10-7-13(12)5-6-14-10/h1-4,10H,5-7,12H2. The van der Waals surface area contributed by atoms with Gasteiger partial charge >= 0.3 is 0 Å². The number of rotatable bonds is 1. The molecule has 1 aliphatic rings. The maximum atomic E-state index is 5.74. The van der Waals surface area contributed by atoms with Gasteiger partial charge in [-0.3, -0.25) is 5.84 Å². The van der Waals surface area contributed by atoms with Crippen molar-refractivity contribution in [1.82, 2.24) is 5.01 Å². The van der Waals surface area contributed by atoms with Gasteiger partial charge in [0.25, 0.3) is 0 Å². The number of halogens is 1. The molecule has 0 bridgehead atoms. The minimum atomic E-state index is 0.113. The van der Waals surface area contributed by atoms with E-state index in [0.29, 0.717) is 6.61 Å². The molecule has 0 amide bonds. The highest BCUT2D eigenvalue weighted by molar-refractivity contribution is 9.10. The molecule has 1 unspecified atom stereocenters. The highest BCUT2D eigenvalue weighted by Crippen LogP contribution is 2.22. The molecular weight excluding hydrogens is 244 g/mol. The minimum Gasteiger partial charge on any atom is -0.371 e. The average Bonchev–Trinajstić information content (AvgIpc) is 2.19. The smallest absolute Gasteiger partial charge is 0.0966 e. The zero-order valence-electron chi connectivity index (χ0n) is 7.82. The number of hydrogen-bond acceptors (Lipinski definition) is 3. The second-order valence-electron chi connectivity index (χ2n) is 3.41. The van der Waals surface area contributed by atoms with E-state index in [9.17, 15) is 0 Å². The summed E-state index contributed by atoms with van der Waals surface area (Å²) >= 11 is 3.41. The number of nitrogens with two attached hydrogens (primary N) is 1. The van der Waals surface area contributed by atoms with E-state index in [1.165, 1.54) is 5.56 Å². The van der Waals surface area contributed by atoms with Crippen molar-refractivity contribution in [1.29, 1.82) is 0 Å². The summed E-state index contributed by atoms with van der Waals surface area (Å²) < 4.78 is 6.72. The molecule has 4 heteroatoms. The van der Waals surface area contributed by atoms with Crippen LogP contribution in [0.5, 0.6) is 0 Å². The van der Waals surface area contributed by atoms with Crippen molar-refractivity contribution < 1.29 is 4.74 Å². The van der Waals surface area contributed by atoms with E-state index in [1.807, 2.05) is 12.1 Å². The summed E-state index contributed by atoms with van der Waals surface area (Å²) in [6.45, 7) is 2.28. The topological polar surface area (TPSA) is 38.5 Å². The van der Waals surface area contributed by atoms with Crippen LogP contribution in [0.2, 0.25) is 0 Å². The number of ether oxygens (including phenoxy) is 1. The lowest BCUT2D eigenvalue weighted by atomic mass is 10.1. The first kappa shape index (κ1) is 10.1. The summed E-state index contributed by atoms with van der Waals surface area (Å²) in [6, 6.07) is 8.17. The summed E-state index contributed by atoms with van der Waals surface area (Å²) in [4.78, 5) is 0. The molecule has 0 aliphatic carbocycles. The Bertz CT molecular complexity index is 301. The van der Waals surface area contributed by atoms with E-state index >= 15 is 0 Å². The van der Waals surface area contributed by atoms with Crippen LogP contribution in [0, 0.1) is 0 Å². The number of hydrogen-bond donors (Lipinski definition) is 1. The molecule has 0 spiro atoms. The van der Waals surface area contributed by atoms with Gasteiger partial charge in [0, 0.05) is 17.6 Å². The summed E-state index contributed by atoms with van der Waals surface area (Å²) in [5.41, 5.74) is 1.18. The zero-order chi connectivity index (χ0) is 9.97. The van der Waals surface area contributed by atoms with Gasteiger partial charge in [0.05, 0.1) is 12.7 Å². The monoisotopic (exact) mass is 256 g/mol. The number of hydrazine groups is 1. The SMILES string of the molecule is NN1CCOC(c2ccc(Br)cc2)C1. The van der Waals surface area contributed by atoms with Gasteiger partial charge < -0.3 is 4.74 Å². The summed E-state index contributed by atoms with van der Waals surface area (Å²) in [5.74, 6) is 5.74. The van der Waals surface area contributed by atoms with Crippen molar-refractivity contribution in [3.05, 3.63) is 34.3 Å². The highest BCUT2D eigenvalue weighted by Gasteiger charge is 2.19. The first-order chi connectivity index (χ1) is 6.75. The maximum Gasteiger partial charge on any atom is 0.0966 e. The molecule has 1 aliphatic heterocycles. The predicted molar refractivity (Wildman–Crippen MR) is 58.6 cm³/mol. The van der Waals surface area contributed by atoms with E-state index < -0.39 is 0 Å². The van der Waals surface area contributed by atoms with Gasteiger partial charge in [-0.05, 0) is 17.7 Å². The molecule has 1 heterocycles. The Kier molecular flexibility index (Phi) is 3.18. The lowest BCUT2D eigenvalue weighted by molar-refractivity contribution is -0.0304. The quantitative estimate of drug-likeness (QED) is 0.778. The average molecular weight is 257 g/mol. The lowest BCUT2D eigenvalue weighted by Crippen LogP contribution is -2.42. The zero-order valence-corrected chi connectivity index (χ0v) is 9.40. The Balaban J connectivity index is 2.10. The minimum absolute atomic E-state index is 0.113. The third kappa shape index (κ3) is 2.33. The van der Waals surface area contributed by atoms with Gasteiger partial charge in [-0.25, -0.2) is 5.01 Å². The molecule has 0 aromatic heterocycles. The molecule has 2 N–H and O–H groups in total. The molecule has 1 saturated heterocycles. The number of benzene rings is 1. The van der Waals surface area contributed by atoms with Crippen molar-refractivity contribution in [3.63, 3.8) is 0 Å². The fraction of sp³-hybridized carbons (Fsp3) is 0.400. The normalized spacial score (nSPS) is 23.7. The van der Waals surface area contributed by atoms with Gasteiger partial charge in [0.15, 0.2) is 0 Å². The second-order valence-corrected chi connectivity index (χ2v) is 4.32. The van der Waals surface area contributed by atoms with Gasteiger partial charge in [0.2, 0.25) is 0 Å². The van der Waals surface area contributed by atoms with Crippen LogP contribution in [0.3, 0.4) is 0 Å². The number of morpholine rings is 1. The van der Waals surface area contributed by atoms with Crippen molar-refractivity contribution in [2.24, 2.45) is 5.84 Å². The van der Waals surface area contributed by atoms with Gasteiger partial charge in [-0.15, -0.1) is 0 Å². The van der Waals surface area contributed by atoms with Crippen LogP contribution in [0.4, 0.5) is 0 Å². The van der Waals surface area contributed by atoms with Gasteiger partial charge in [0.1, 0.15) is 0 Å². The first-order valence-electron chi connectivity index (χ1n) is 4.62. The summed E-state index contributed by atoms with van der Waals surface area (Å²) in [7, 11) is 0. The Morgan fingerprint density at radius 2 is 2.07 bits per heavy atom. The lowest BCUT2D eigenvalue weighted by Gasteiger charge is -2.29.